The van der Waals surface area contributed by atoms with Crippen molar-refractivity contribution in [2.75, 3.05) is 5.32 Å². The van der Waals surface area contributed by atoms with Gasteiger partial charge in [-0.15, -0.1) is 10.2 Å². The van der Waals surface area contributed by atoms with Crippen molar-refractivity contribution < 1.29 is 13.2 Å². The average Bonchev–Trinajstić information content (AvgIpc) is 2.51. The van der Waals surface area contributed by atoms with Crippen LogP contribution >= 0.6 is 11.3 Å². The number of carbonyl (C=O) groups is 1. The van der Waals surface area contributed by atoms with Crippen molar-refractivity contribution >= 4 is 32.4 Å². The molecule has 7 nitrogen and oxygen atoms in total. The molecule has 1 heterocycles. The molecule has 0 aliphatic heterocycles. The number of aromatic nitrogens is 2. The molecule has 0 fully saturated rings. The van der Waals surface area contributed by atoms with Crippen molar-refractivity contribution in [2.24, 2.45) is 0 Å². The highest BCUT2D eigenvalue weighted by Gasteiger charge is 2.18. The van der Waals surface area contributed by atoms with Crippen LogP contribution in [0, 0.1) is 0 Å². The summed E-state index contributed by atoms with van der Waals surface area (Å²) in [5.41, 5.74) is 0. The quantitative estimate of drug-likeness (QED) is 0.726. The number of sulfonamides is 1. The summed E-state index contributed by atoms with van der Waals surface area (Å²) in [6.45, 7) is 4.51. The fraction of sp³-hybridized carbons (Fsp3) is 0.167. The molecule has 0 unspecified atom stereocenters. The Balaban J connectivity index is 2.93. The number of amides is 1. The van der Waals surface area contributed by atoms with Crippen LogP contribution in [0.5, 0.6) is 0 Å². The first-order chi connectivity index (χ1) is 6.95. The van der Waals surface area contributed by atoms with E-state index >= 15 is 0 Å². The first-order valence-corrected chi connectivity index (χ1v) is 6.00. The predicted octanol–water partition coefficient (Wildman–Crippen LogP) is -0.0817. The molecule has 0 atom stereocenters. The summed E-state index contributed by atoms with van der Waals surface area (Å²) >= 11 is 0.756. The normalized spacial score (nSPS) is 10.7. The van der Waals surface area contributed by atoms with Gasteiger partial charge >= 0.3 is 0 Å². The Kier molecular flexibility index (Phi) is 3.37. The maximum Gasteiger partial charge on any atom is 0.290 e. The lowest BCUT2D eigenvalue weighted by Crippen LogP contribution is -2.17. The highest BCUT2D eigenvalue weighted by atomic mass is 32.2. The van der Waals surface area contributed by atoms with E-state index in [1.807, 2.05) is 4.72 Å². The first-order valence-electron chi connectivity index (χ1n) is 3.70. The lowest BCUT2D eigenvalue weighted by Gasteiger charge is -1.96. The second kappa shape index (κ2) is 4.36. The Morgan fingerprint density at radius 3 is 2.73 bits per heavy atom. The van der Waals surface area contributed by atoms with Crippen LogP contribution in [-0.4, -0.2) is 24.5 Å². The summed E-state index contributed by atoms with van der Waals surface area (Å²) < 4.78 is 24.5. The van der Waals surface area contributed by atoms with Gasteiger partial charge in [0.25, 0.3) is 14.4 Å². The fourth-order valence-corrected chi connectivity index (χ4v) is 2.49. The van der Waals surface area contributed by atoms with Gasteiger partial charge in [-0.2, -0.15) is 8.42 Å². The molecule has 15 heavy (non-hydrogen) atoms. The summed E-state index contributed by atoms with van der Waals surface area (Å²) in [6.07, 6.45) is 1.02. The van der Waals surface area contributed by atoms with Crippen molar-refractivity contribution in [3.8, 4) is 0 Å². The minimum atomic E-state index is -3.70. The third-order valence-corrected chi connectivity index (χ3v) is 3.72. The molecule has 0 aromatic carbocycles. The maximum atomic E-state index is 11.3. The topological polar surface area (TPSA) is 101 Å². The van der Waals surface area contributed by atoms with Crippen LogP contribution in [-0.2, 0) is 14.8 Å². The maximum absolute atomic E-state index is 11.3. The lowest BCUT2D eigenvalue weighted by molar-refractivity contribution is -0.114. The van der Waals surface area contributed by atoms with Crippen LogP contribution in [0.4, 0.5) is 5.13 Å². The summed E-state index contributed by atoms with van der Waals surface area (Å²) in [5.74, 6) is -0.341. The summed E-state index contributed by atoms with van der Waals surface area (Å²) in [7, 11) is -3.70. The average molecular weight is 248 g/mol. The highest BCUT2D eigenvalue weighted by Crippen LogP contribution is 2.19. The third kappa shape index (κ3) is 2.99. The predicted molar refractivity (Wildman–Crippen MR) is 54.7 cm³/mol. The van der Waals surface area contributed by atoms with Crippen LogP contribution in [0.15, 0.2) is 17.1 Å². The Morgan fingerprint density at radius 2 is 2.20 bits per heavy atom. The van der Waals surface area contributed by atoms with Gasteiger partial charge in [-0.25, -0.2) is 0 Å². The van der Waals surface area contributed by atoms with Gasteiger partial charge < -0.3 is 5.32 Å². The molecule has 0 aliphatic rings. The summed E-state index contributed by atoms with van der Waals surface area (Å²) in [4.78, 5) is 10.6. The SMILES string of the molecule is C=CNS(=O)(=O)c1nnc(NC(C)=O)s1. The minimum absolute atomic E-state index is 0.131. The van der Waals surface area contributed by atoms with Crippen LogP contribution in [0.2, 0.25) is 0 Å². The zero-order chi connectivity index (χ0) is 11.5. The molecule has 2 N–H and O–H groups in total. The minimum Gasteiger partial charge on any atom is -0.301 e. The highest BCUT2D eigenvalue weighted by molar-refractivity contribution is 7.91. The fourth-order valence-electron chi connectivity index (χ4n) is 0.680. The van der Waals surface area contributed by atoms with Crippen LogP contribution in [0.25, 0.3) is 0 Å². The van der Waals surface area contributed by atoms with Gasteiger partial charge in [0, 0.05) is 13.1 Å². The van der Waals surface area contributed by atoms with E-state index < -0.39 is 10.0 Å². The Labute approximate surface area is 90.3 Å². The van der Waals surface area contributed by atoms with Crippen molar-refractivity contribution in [1.29, 1.82) is 0 Å². The van der Waals surface area contributed by atoms with Gasteiger partial charge in [-0.05, 0) is 0 Å². The molecular formula is C6H8N4O3S2. The van der Waals surface area contributed by atoms with Gasteiger partial charge in [0.1, 0.15) is 0 Å². The van der Waals surface area contributed by atoms with Crippen LogP contribution in [0.1, 0.15) is 6.92 Å². The Hall–Kier alpha value is -1.48. The monoisotopic (exact) mass is 248 g/mol. The smallest absolute Gasteiger partial charge is 0.290 e. The van der Waals surface area contributed by atoms with Gasteiger partial charge in [0.15, 0.2) is 0 Å². The first kappa shape index (κ1) is 11.6. The zero-order valence-electron chi connectivity index (χ0n) is 7.72. The number of carbonyl (C=O) groups excluding carboxylic acids is 1. The number of anilines is 1. The van der Waals surface area contributed by atoms with E-state index in [1.54, 1.807) is 0 Å². The van der Waals surface area contributed by atoms with E-state index in [9.17, 15) is 13.2 Å². The zero-order valence-corrected chi connectivity index (χ0v) is 9.35. The molecule has 82 valence electrons. The van der Waals surface area contributed by atoms with Crippen molar-refractivity contribution in [2.45, 2.75) is 11.3 Å². The molecule has 0 aliphatic carbocycles. The standard InChI is InChI=1S/C6H8N4O3S2/c1-3-7-15(12,13)6-10-9-5(14-6)8-4(2)11/h3,7H,1H2,2H3,(H,8,9,11). The van der Waals surface area contributed by atoms with Crippen LogP contribution in [0.3, 0.4) is 0 Å². The number of nitrogens with zero attached hydrogens (tertiary/aromatic N) is 2. The van der Waals surface area contributed by atoms with Crippen LogP contribution < -0.4 is 10.0 Å². The lowest BCUT2D eigenvalue weighted by atomic mass is 10.7. The summed E-state index contributed by atoms with van der Waals surface area (Å²) in [6, 6.07) is 0. The molecule has 0 radical (unpaired) electrons. The molecular weight excluding hydrogens is 240 g/mol. The van der Waals surface area contributed by atoms with E-state index in [0.717, 1.165) is 17.5 Å². The molecule has 0 spiro atoms. The molecule has 1 rings (SSSR count). The molecule has 0 bridgehead atoms. The molecule has 0 saturated carbocycles. The van der Waals surface area contributed by atoms with Crippen molar-refractivity contribution in [1.82, 2.24) is 14.9 Å². The van der Waals surface area contributed by atoms with Crippen molar-refractivity contribution in [3.05, 3.63) is 12.8 Å². The van der Waals surface area contributed by atoms with Gasteiger partial charge in [0.2, 0.25) is 11.0 Å². The summed E-state index contributed by atoms with van der Waals surface area (Å²) in [5, 5.41) is 9.36. The van der Waals surface area contributed by atoms with E-state index in [-0.39, 0.29) is 15.4 Å². The molecule has 0 saturated heterocycles. The third-order valence-electron chi connectivity index (χ3n) is 1.16. The van der Waals surface area contributed by atoms with E-state index in [2.05, 4.69) is 22.1 Å². The molecule has 1 amide bonds. The largest absolute Gasteiger partial charge is 0.301 e. The van der Waals surface area contributed by atoms with Gasteiger partial charge in [-0.3, -0.25) is 9.52 Å². The molecule has 1 aromatic heterocycles. The molecule has 1 aromatic rings. The van der Waals surface area contributed by atoms with Crippen molar-refractivity contribution in [3.63, 3.8) is 0 Å². The van der Waals surface area contributed by atoms with E-state index in [0.29, 0.717) is 0 Å². The number of rotatable bonds is 4. The second-order valence-corrected chi connectivity index (χ2v) is 5.24. The van der Waals surface area contributed by atoms with Gasteiger partial charge in [0.05, 0.1) is 0 Å². The van der Waals surface area contributed by atoms with E-state index in [1.165, 1.54) is 6.92 Å². The number of nitrogens with one attached hydrogen (secondary N) is 2. The molecule has 9 heteroatoms. The Morgan fingerprint density at radius 1 is 1.53 bits per heavy atom. The Bertz CT molecular complexity index is 478. The van der Waals surface area contributed by atoms with Gasteiger partial charge in [-0.1, -0.05) is 17.9 Å². The number of hydrogen-bond acceptors (Lipinski definition) is 6. The number of hydrogen-bond donors (Lipinski definition) is 2. The second-order valence-electron chi connectivity index (χ2n) is 2.38. The van der Waals surface area contributed by atoms with E-state index in [4.69, 9.17) is 0 Å².